The number of para-hydroxylation sites is 1. The number of benzene rings is 2. The van der Waals surface area contributed by atoms with Crippen molar-refractivity contribution in [2.45, 2.75) is 0 Å². The van der Waals surface area contributed by atoms with E-state index in [-0.39, 0.29) is 20.3 Å². The molecule has 0 saturated carbocycles. The molecular weight excluding hydrogens is 319 g/mol. The van der Waals surface area contributed by atoms with E-state index in [4.69, 9.17) is 0 Å². The SMILES string of the molecule is O=c1c2ccccc2[se]n1-c1nnc2ccccc2n1. The van der Waals surface area contributed by atoms with Crippen LogP contribution in [0.1, 0.15) is 0 Å². The van der Waals surface area contributed by atoms with Gasteiger partial charge in [-0.2, -0.15) is 0 Å². The van der Waals surface area contributed by atoms with Gasteiger partial charge in [-0.3, -0.25) is 0 Å². The first-order valence-electron chi connectivity index (χ1n) is 6.04. The summed E-state index contributed by atoms with van der Waals surface area (Å²) in [6.45, 7) is 0. The molecule has 2 aromatic heterocycles. The minimum atomic E-state index is -0.127. The monoisotopic (exact) mass is 328 g/mol. The molecule has 0 N–H and O–H groups in total. The van der Waals surface area contributed by atoms with Crippen LogP contribution in [0.4, 0.5) is 0 Å². The Bertz CT molecular complexity index is 989. The Balaban J connectivity index is 2.01. The zero-order chi connectivity index (χ0) is 13.5. The summed E-state index contributed by atoms with van der Waals surface area (Å²) in [7, 11) is 0. The normalized spacial score (nSPS) is 11.2. The maximum atomic E-state index is 12.4. The number of aromatic nitrogens is 4. The van der Waals surface area contributed by atoms with Gasteiger partial charge in [-0.1, -0.05) is 0 Å². The molecule has 0 fully saturated rings. The summed E-state index contributed by atoms with van der Waals surface area (Å²) < 4.78 is 2.68. The van der Waals surface area contributed by atoms with Crippen molar-refractivity contribution in [3.05, 3.63) is 58.9 Å². The molecular formula is C14H8N4OSe. The summed E-state index contributed by atoms with van der Waals surface area (Å²) in [5.74, 6) is 0.380. The molecule has 6 heteroatoms. The van der Waals surface area contributed by atoms with Gasteiger partial charge in [-0.15, -0.1) is 0 Å². The molecule has 4 aromatic rings. The standard InChI is InChI=1S/C14H8N4OSe/c19-13-9-5-1-4-8-12(9)20-18(13)14-15-10-6-2-3-7-11(10)16-17-14/h1-8H. The molecule has 0 unspecified atom stereocenters. The van der Waals surface area contributed by atoms with Gasteiger partial charge in [0.15, 0.2) is 0 Å². The van der Waals surface area contributed by atoms with Crippen molar-refractivity contribution in [1.29, 1.82) is 0 Å². The van der Waals surface area contributed by atoms with Crippen molar-refractivity contribution >= 4 is 35.4 Å². The Morgan fingerprint density at radius 2 is 1.65 bits per heavy atom. The molecule has 0 amide bonds. The van der Waals surface area contributed by atoms with Crippen molar-refractivity contribution in [1.82, 2.24) is 18.7 Å². The molecule has 2 heterocycles. The first-order valence-corrected chi connectivity index (χ1v) is 7.66. The fraction of sp³-hybridized carbons (Fsp3) is 0. The van der Waals surface area contributed by atoms with Crippen molar-refractivity contribution in [3.8, 4) is 5.95 Å². The van der Waals surface area contributed by atoms with E-state index in [1.165, 1.54) is 0 Å². The van der Waals surface area contributed by atoms with Gasteiger partial charge in [-0.05, 0) is 0 Å². The van der Waals surface area contributed by atoms with E-state index in [1.807, 2.05) is 48.5 Å². The van der Waals surface area contributed by atoms with E-state index >= 15 is 0 Å². The van der Waals surface area contributed by atoms with Crippen LogP contribution in [-0.4, -0.2) is 33.5 Å². The van der Waals surface area contributed by atoms with Crippen molar-refractivity contribution < 1.29 is 0 Å². The Labute approximate surface area is 119 Å². The summed E-state index contributed by atoms with van der Waals surface area (Å²) in [5, 5.41) is 8.95. The second kappa shape index (κ2) is 4.37. The second-order valence-electron chi connectivity index (χ2n) is 4.29. The van der Waals surface area contributed by atoms with E-state index in [0.29, 0.717) is 5.95 Å². The van der Waals surface area contributed by atoms with Crippen LogP contribution in [0.2, 0.25) is 0 Å². The Hall–Kier alpha value is -2.30. The number of hydrogen-bond donors (Lipinski definition) is 0. The van der Waals surface area contributed by atoms with Crippen LogP contribution in [0.5, 0.6) is 0 Å². The third-order valence-corrected chi connectivity index (χ3v) is 5.26. The number of rotatable bonds is 1. The molecule has 0 atom stereocenters. The van der Waals surface area contributed by atoms with Crippen LogP contribution in [0.15, 0.2) is 53.3 Å². The number of fused-ring (bicyclic) bond motifs is 2. The van der Waals surface area contributed by atoms with Gasteiger partial charge in [0.2, 0.25) is 0 Å². The van der Waals surface area contributed by atoms with E-state index in [1.54, 1.807) is 3.56 Å². The molecule has 5 nitrogen and oxygen atoms in total. The van der Waals surface area contributed by atoms with Gasteiger partial charge in [-0.25, -0.2) is 0 Å². The van der Waals surface area contributed by atoms with Crippen LogP contribution in [0.25, 0.3) is 26.6 Å². The first kappa shape index (κ1) is 11.5. The molecule has 0 bridgehead atoms. The third-order valence-electron chi connectivity index (χ3n) is 3.02. The third kappa shape index (κ3) is 1.70. The molecule has 0 aliphatic rings. The number of nitrogens with zero attached hydrogens (tertiary/aromatic N) is 4. The zero-order valence-electron chi connectivity index (χ0n) is 10.2. The fourth-order valence-corrected chi connectivity index (χ4v) is 4.01. The molecule has 20 heavy (non-hydrogen) atoms. The average molecular weight is 327 g/mol. The van der Waals surface area contributed by atoms with E-state index in [2.05, 4.69) is 15.2 Å². The second-order valence-corrected chi connectivity index (χ2v) is 6.36. The summed E-state index contributed by atoms with van der Waals surface area (Å²) in [5.41, 5.74) is 1.43. The van der Waals surface area contributed by atoms with Gasteiger partial charge < -0.3 is 0 Å². The Morgan fingerprint density at radius 3 is 2.50 bits per heavy atom. The predicted octanol–water partition coefficient (Wildman–Crippen LogP) is 1.39. The molecule has 2 aromatic carbocycles. The summed E-state index contributed by atoms with van der Waals surface area (Å²) in [6.07, 6.45) is 0. The van der Waals surface area contributed by atoms with Gasteiger partial charge in [0.1, 0.15) is 0 Å². The molecule has 0 saturated heterocycles. The van der Waals surface area contributed by atoms with Crippen LogP contribution in [-0.2, 0) is 0 Å². The van der Waals surface area contributed by atoms with Crippen LogP contribution >= 0.6 is 0 Å². The molecule has 96 valence electrons. The van der Waals surface area contributed by atoms with E-state index in [0.717, 1.165) is 20.7 Å². The van der Waals surface area contributed by atoms with Crippen LogP contribution in [0.3, 0.4) is 0 Å². The average Bonchev–Trinajstić information content (AvgIpc) is 2.84. The van der Waals surface area contributed by atoms with Crippen LogP contribution < -0.4 is 5.56 Å². The van der Waals surface area contributed by atoms with Gasteiger partial charge in [0, 0.05) is 0 Å². The van der Waals surface area contributed by atoms with E-state index < -0.39 is 0 Å². The maximum absolute atomic E-state index is 12.4. The molecule has 0 spiro atoms. The molecule has 0 aliphatic heterocycles. The van der Waals surface area contributed by atoms with Gasteiger partial charge in [0.05, 0.1) is 0 Å². The summed E-state index contributed by atoms with van der Waals surface area (Å²) in [6, 6.07) is 15.1. The summed E-state index contributed by atoms with van der Waals surface area (Å²) in [4.78, 5) is 16.8. The van der Waals surface area contributed by atoms with Crippen LogP contribution in [0, 0.1) is 0 Å². The van der Waals surface area contributed by atoms with Crippen molar-refractivity contribution in [2.75, 3.05) is 0 Å². The minimum absolute atomic E-state index is 0.0438. The van der Waals surface area contributed by atoms with Gasteiger partial charge >= 0.3 is 119 Å². The topological polar surface area (TPSA) is 60.7 Å². The zero-order valence-corrected chi connectivity index (χ0v) is 11.9. The summed E-state index contributed by atoms with van der Waals surface area (Å²) >= 11 is -0.127. The molecule has 0 radical (unpaired) electrons. The Kier molecular flexibility index (Phi) is 2.52. The van der Waals surface area contributed by atoms with E-state index in [9.17, 15) is 4.79 Å². The molecule has 0 aliphatic carbocycles. The molecule has 4 rings (SSSR count). The van der Waals surface area contributed by atoms with Crippen molar-refractivity contribution in [3.63, 3.8) is 0 Å². The quantitative estimate of drug-likeness (QED) is 0.496. The fourth-order valence-electron chi connectivity index (χ4n) is 2.06. The predicted molar refractivity (Wildman–Crippen MR) is 77.4 cm³/mol. The Morgan fingerprint density at radius 1 is 0.900 bits per heavy atom. The number of hydrogen-bond acceptors (Lipinski definition) is 4. The van der Waals surface area contributed by atoms with Gasteiger partial charge in [0.25, 0.3) is 0 Å². The first-order chi connectivity index (χ1) is 9.83. The van der Waals surface area contributed by atoms with Crippen molar-refractivity contribution in [2.24, 2.45) is 0 Å².